The summed E-state index contributed by atoms with van der Waals surface area (Å²) >= 11 is 3.17. The van der Waals surface area contributed by atoms with Crippen molar-refractivity contribution >= 4 is 27.4 Å². The molecule has 5 heteroatoms. The van der Waals surface area contributed by atoms with Crippen LogP contribution in [0.5, 0.6) is 0 Å². The fourth-order valence-corrected chi connectivity index (χ4v) is 2.87. The highest BCUT2D eigenvalue weighted by molar-refractivity contribution is 9.10. The van der Waals surface area contributed by atoms with Crippen molar-refractivity contribution in [1.82, 2.24) is 0 Å². The van der Waals surface area contributed by atoms with E-state index in [4.69, 9.17) is 0 Å². The lowest BCUT2D eigenvalue weighted by molar-refractivity contribution is -0.385. The van der Waals surface area contributed by atoms with Gasteiger partial charge in [0.25, 0.3) is 5.69 Å². The van der Waals surface area contributed by atoms with Gasteiger partial charge in [-0.25, -0.2) is 0 Å². The van der Waals surface area contributed by atoms with Crippen LogP contribution in [0.2, 0.25) is 0 Å². The minimum Gasteiger partial charge on any atom is -0.289 e. The third-order valence-electron chi connectivity index (χ3n) is 3.01. The van der Waals surface area contributed by atoms with Gasteiger partial charge in [-0.05, 0) is 33.1 Å². The van der Waals surface area contributed by atoms with Gasteiger partial charge in [0.15, 0.2) is 5.78 Å². The Morgan fingerprint density at radius 1 is 1.00 bits per heavy atom. The molecule has 2 aromatic carbocycles. The van der Waals surface area contributed by atoms with Crippen molar-refractivity contribution < 1.29 is 9.72 Å². The number of hydrogen-bond donors (Lipinski definition) is 0. The molecule has 0 saturated carbocycles. The highest BCUT2D eigenvalue weighted by Gasteiger charge is 2.31. The summed E-state index contributed by atoms with van der Waals surface area (Å²) in [6.45, 7) is 0. The molecule has 1 aliphatic rings. The fourth-order valence-electron chi connectivity index (χ4n) is 2.20. The van der Waals surface area contributed by atoms with Crippen LogP contribution in [0.1, 0.15) is 15.9 Å². The lowest BCUT2D eigenvalue weighted by atomic mass is 10.1. The Hall–Kier alpha value is -2.01. The molecule has 2 aromatic rings. The van der Waals surface area contributed by atoms with Gasteiger partial charge in [0, 0.05) is 11.6 Å². The zero-order valence-corrected chi connectivity index (χ0v) is 10.6. The van der Waals surface area contributed by atoms with Gasteiger partial charge in [0.1, 0.15) is 4.47 Å². The highest BCUT2D eigenvalue weighted by atomic mass is 79.9. The molecule has 3 rings (SSSR count). The molecule has 0 fully saturated rings. The predicted octanol–water partition coefficient (Wildman–Crippen LogP) is 3.57. The summed E-state index contributed by atoms with van der Waals surface area (Å²) in [5, 5.41) is 10.9. The summed E-state index contributed by atoms with van der Waals surface area (Å²) in [4.78, 5) is 22.6. The van der Waals surface area contributed by atoms with E-state index in [9.17, 15) is 14.9 Å². The maximum atomic E-state index is 12.2. The number of carbonyl (C=O) groups excluding carboxylic acids is 1. The minimum absolute atomic E-state index is 0.0880. The van der Waals surface area contributed by atoms with E-state index in [1.807, 2.05) is 12.1 Å². The number of rotatable bonds is 1. The topological polar surface area (TPSA) is 60.2 Å². The Balaban J connectivity index is 2.35. The third-order valence-corrected chi connectivity index (χ3v) is 3.81. The number of halogens is 1. The Morgan fingerprint density at radius 3 is 2.33 bits per heavy atom. The molecule has 0 heterocycles. The van der Waals surface area contributed by atoms with Gasteiger partial charge in [-0.15, -0.1) is 0 Å². The summed E-state index contributed by atoms with van der Waals surface area (Å²) in [5.41, 5.74) is 2.45. The van der Waals surface area contributed by atoms with Gasteiger partial charge in [-0.3, -0.25) is 14.9 Å². The van der Waals surface area contributed by atoms with E-state index in [1.165, 1.54) is 6.07 Å². The van der Waals surface area contributed by atoms with Gasteiger partial charge in [-0.1, -0.05) is 24.3 Å². The first-order valence-corrected chi connectivity index (χ1v) is 6.01. The first-order valence-electron chi connectivity index (χ1n) is 5.22. The maximum Gasteiger partial charge on any atom is 0.284 e. The van der Waals surface area contributed by atoms with Crippen molar-refractivity contribution in [3.05, 3.63) is 62.1 Å². The summed E-state index contributed by atoms with van der Waals surface area (Å²) in [5.74, 6) is -0.170. The van der Waals surface area contributed by atoms with Crippen LogP contribution in [0.15, 0.2) is 40.9 Å². The van der Waals surface area contributed by atoms with Crippen molar-refractivity contribution in [2.75, 3.05) is 0 Å². The number of fused-ring (bicyclic) bond motifs is 3. The second-order valence-electron chi connectivity index (χ2n) is 3.95. The van der Waals surface area contributed by atoms with Crippen LogP contribution in [0.25, 0.3) is 11.1 Å². The summed E-state index contributed by atoms with van der Waals surface area (Å²) < 4.78 is 0.256. The van der Waals surface area contributed by atoms with Crippen LogP contribution in [-0.4, -0.2) is 10.7 Å². The Bertz CT molecular complexity index is 709. The van der Waals surface area contributed by atoms with Gasteiger partial charge in [0.2, 0.25) is 0 Å². The second kappa shape index (κ2) is 3.74. The van der Waals surface area contributed by atoms with E-state index in [0.29, 0.717) is 11.1 Å². The SMILES string of the molecule is O=C1c2ccccc2-c2ccc([N+](=O)[O-])c(Br)c21. The predicted molar refractivity (Wildman–Crippen MR) is 69.7 cm³/mol. The Labute approximate surface area is 111 Å². The number of carbonyl (C=O) groups is 1. The van der Waals surface area contributed by atoms with Crippen LogP contribution >= 0.6 is 15.9 Å². The lowest BCUT2D eigenvalue weighted by Crippen LogP contribution is -1.99. The van der Waals surface area contributed by atoms with Crippen molar-refractivity contribution in [2.45, 2.75) is 0 Å². The van der Waals surface area contributed by atoms with E-state index in [0.717, 1.165) is 11.1 Å². The number of nitro groups is 1. The molecule has 0 aliphatic heterocycles. The standard InChI is InChI=1S/C13H6BrNO3/c14-12-10(15(17)18)6-5-8-7-3-1-2-4-9(7)13(16)11(8)12/h1-6H. The van der Waals surface area contributed by atoms with Gasteiger partial charge in [-0.2, -0.15) is 0 Å². The molecule has 0 N–H and O–H groups in total. The Morgan fingerprint density at radius 2 is 1.67 bits per heavy atom. The molecule has 18 heavy (non-hydrogen) atoms. The van der Waals surface area contributed by atoms with E-state index in [1.54, 1.807) is 18.2 Å². The van der Waals surface area contributed by atoms with Crippen molar-refractivity contribution in [3.63, 3.8) is 0 Å². The second-order valence-corrected chi connectivity index (χ2v) is 4.75. The molecule has 0 radical (unpaired) electrons. The largest absolute Gasteiger partial charge is 0.289 e. The fraction of sp³-hybridized carbons (Fsp3) is 0. The van der Waals surface area contributed by atoms with E-state index < -0.39 is 4.92 Å². The molecule has 0 bridgehead atoms. The molecule has 0 amide bonds. The monoisotopic (exact) mass is 303 g/mol. The normalized spacial score (nSPS) is 12.2. The van der Waals surface area contributed by atoms with E-state index in [2.05, 4.69) is 15.9 Å². The van der Waals surface area contributed by atoms with Crippen LogP contribution in [0.3, 0.4) is 0 Å². The number of ketones is 1. The Kier molecular flexibility index (Phi) is 2.31. The highest BCUT2D eigenvalue weighted by Crippen LogP contribution is 2.43. The zero-order chi connectivity index (χ0) is 12.9. The molecule has 1 aliphatic carbocycles. The summed E-state index contributed by atoms with van der Waals surface area (Å²) in [6.07, 6.45) is 0. The molecule has 0 aromatic heterocycles. The summed E-state index contributed by atoms with van der Waals surface area (Å²) in [6, 6.07) is 10.2. The maximum absolute atomic E-state index is 12.2. The molecule has 0 unspecified atom stereocenters. The van der Waals surface area contributed by atoms with Crippen molar-refractivity contribution in [1.29, 1.82) is 0 Å². The van der Waals surface area contributed by atoms with Crippen LogP contribution in [0.4, 0.5) is 5.69 Å². The minimum atomic E-state index is -0.499. The van der Waals surface area contributed by atoms with Crippen LogP contribution in [-0.2, 0) is 0 Å². The molecule has 88 valence electrons. The lowest BCUT2D eigenvalue weighted by Gasteiger charge is -2.02. The van der Waals surface area contributed by atoms with Crippen LogP contribution < -0.4 is 0 Å². The van der Waals surface area contributed by atoms with Gasteiger partial charge < -0.3 is 0 Å². The van der Waals surface area contributed by atoms with Crippen molar-refractivity contribution in [2.24, 2.45) is 0 Å². The van der Waals surface area contributed by atoms with Crippen LogP contribution in [0, 0.1) is 10.1 Å². The number of hydrogen-bond acceptors (Lipinski definition) is 3. The smallest absolute Gasteiger partial charge is 0.284 e. The number of nitrogens with zero attached hydrogens (tertiary/aromatic N) is 1. The molecular weight excluding hydrogens is 298 g/mol. The van der Waals surface area contributed by atoms with Gasteiger partial charge in [0.05, 0.1) is 10.5 Å². The van der Waals surface area contributed by atoms with Crippen molar-refractivity contribution in [3.8, 4) is 11.1 Å². The molecule has 0 saturated heterocycles. The first-order chi connectivity index (χ1) is 8.61. The quantitative estimate of drug-likeness (QED) is 0.510. The van der Waals surface area contributed by atoms with Gasteiger partial charge >= 0.3 is 0 Å². The van der Waals surface area contributed by atoms with E-state index >= 15 is 0 Å². The first kappa shape index (κ1) is 11.1. The van der Waals surface area contributed by atoms with E-state index in [-0.39, 0.29) is 15.9 Å². The summed E-state index contributed by atoms with van der Waals surface area (Å²) in [7, 11) is 0. The average Bonchev–Trinajstić information content (AvgIpc) is 2.65. The third kappa shape index (κ3) is 1.34. The molecule has 0 atom stereocenters. The number of nitro benzene ring substituents is 1. The average molecular weight is 304 g/mol. The molecular formula is C13H6BrNO3. The number of benzene rings is 2. The molecule has 4 nitrogen and oxygen atoms in total. The molecule has 0 spiro atoms. The zero-order valence-electron chi connectivity index (χ0n) is 9.01.